The van der Waals surface area contributed by atoms with Gasteiger partial charge in [0.05, 0.1) is 13.7 Å². The van der Waals surface area contributed by atoms with Gasteiger partial charge >= 0.3 is 6.61 Å². The summed E-state index contributed by atoms with van der Waals surface area (Å²) < 4.78 is 35.0. The van der Waals surface area contributed by atoms with E-state index in [2.05, 4.69) is 32.3 Å². The summed E-state index contributed by atoms with van der Waals surface area (Å²) in [5.41, 5.74) is 0.542. The van der Waals surface area contributed by atoms with Gasteiger partial charge in [0.15, 0.2) is 5.96 Å². The fourth-order valence-corrected chi connectivity index (χ4v) is 2.97. The van der Waals surface area contributed by atoms with Crippen molar-refractivity contribution < 1.29 is 18.3 Å². The van der Waals surface area contributed by atoms with Crippen LogP contribution in [0.3, 0.4) is 0 Å². The highest BCUT2D eigenvalue weighted by Gasteiger charge is 2.20. The van der Waals surface area contributed by atoms with E-state index in [1.165, 1.54) is 19.6 Å². The standard InChI is InChI=1S/C18H28F2N4O2/c1-4-21-18(23-12-14-6-5-9-24(14)2)22-11-13-10-15(25-3)7-8-16(13)26-17(19)20/h7-8,10,14,17H,4-6,9,11-12H2,1-3H3,(H2,21,22,23). The Labute approximate surface area is 153 Å². The van der Waals surface area contributed by atoms with Crippen LogP contribution >= 0.6 is 0 Å². The number of hydrogen-bond donors (Lipinski definition) is 2. The summed E-state index contributed by atoms with van der Waals surface area (Å²) in [6, 6.07) is 5.21. The molecule has 2 rings (SSSR count). The van der Waals surface area contributed by atoms with Gasteiger partial charge in [0.2, 0.25) is 0 Å². The molecule has 1 unspecified atom stereocenters. The maximum atomic E-state index is 12.6. The molecule has 2 N–H and O–H groups in total. The number of hydrogen-bond acceptors (Lipinski definition) is 4. The third-order valence-corrected chi connectivity index (χ3v) is 4.41. The number of aliphatic imine (C=N–C) groups is 1. The van der Waals surface area contributed by atoms with Gasteiger partial charge in [0, 0.05) is 24.7 Å². The lowest BCUT2D eigenvalue weighted by atomic mass is 10.2. The molecule has 1 aromatic carbocycles. The monoisotopic (exact) mass is 370 g/mol. The average Bonchev–Trinajstić information content (AvgIpc) is 3.03. The van der Waals surface area contributed by atoms with Gasteiger partial charge < -0.3 is 25.0 Å². The molecule has 0 amide bonds. The van der Waals surface area contributed by atoms with Crippen LogP contribution in [-0.2, 0) is 6.54 Å². The Morgan fingerprint density at radius 2 is 2.19 bits per heavy atom. The first-order valence-corrected chi connectivity index (χ1v) is 8.87. The highest BCUT2D eigenvalue weighted by Crippen LogP contribution is 2.26. The third kappa shape index (κ3) is 6.01. The summed E-state index contributed by atoms with van der Waals surface area (Å²) in [5, 5.41) is 6.51. The second-order valence-corrected chi connectivity index (χ2v) is 6.20. The van der Waals surface area contributed by atoms with E-state index in [0.717, 1.165) is 19.5 Å². The minimum atomic E-state index is -2.88. The molecule has 0 saturated carbocycles. The predicted molar refractivity (Wildman–Crippen MR) is 98.1 cm³/mol. The largest absolute Gasteiger partial charge is 0.497 e. The van der Waals surface area contributed by atoms with Crippen LogP contribution in [0, 0.1) is 0 Å². The molecular weight excluding hydrogens is 342 g/mol. The van der Waals surface area contributed by atoms with E-state index in [0.29, 0.717) is 29.9 Å². The number of alkyl halides is 2. The van der Waals surface area contributed by atoms with Crippen LogP contribution in [0.1, 0.15) is 25.3 Å². The summed E-state index contributed by atoms with van der Waals surface area (Å²) >= 11 is 0. The van der Waals surface area contributed by atoms with E-state index in [1.54, 1.807) is 12.1 Å². The number of methoxy groups -OCH3 is 1. The van der Waals surface area contributed by atoms with Gasteiger partial charge in [-0.3, -0.25) is 0 Å². The first-order valence-electron chi connectivity index (χ1n) is 8.87. The summed E-state index contributed by atoms with van der Waals surface area (Å²) in [6.45, 7) is 1.92. The summed E-state index contributed by atoms with van der Waals surface area (Å²) in [4.78, 5) is 6.84. The predicted octanol–water partition coefficient (Wildman–Crippen LogP) is 2.45. The maximum Gasteiger partial charge on any atom is 0.387 e. The second kappa shape index (κ2) is 10.2. The number of nitrogens with zero attached hydrogens (tertiary/aromatic N) is 2. The molecule has 1 atom stereocenters. The second-order valence-electron chi connectivity index (χ2n) is 6.20. The normalized spacial score (nSPS) is 18.2. The fraction of sp³-hybridized carbons (Fsp3) is 0.611. The molecule has 1 fully saturated rings. The van der Waals surface area contributed by atoms with Gasteiger partial charge in [-0.05, 0) is 51.6 Å². The van der Waals surface area contributed by atoms with Gasteiger partial charge in [-0.15, -0.1) is 0 Å². The summed E-state index contributed by atoms with van der Waals surface area (Å²) in [7, 11) is 3.65. The number of likely N-dealkylation sites (tertiary alicyclic amines) is 1. The topological polar surface area (TPSA) is 58.1 Å². The minimum absolute atomic E-state index is 0.107. The number of ether oxygens (including phenoxy) is 2. The van der Waals surface area contributed by atoms with Crippen LogP contribution in [0.15, 0.2) is 23.2 Å². The molecule has 0 aliphatic carbocycles. The lowest BCUT2D eigenvalue weighted by Gasteiger charge is -2.21. The molecule has 26 heavy (non-hydrogen) atoms. The van der Waals surface area contributed by atoms with Crippen molar-refractivity contribution in [3.63, 3.8) is 0 Å². The molecule has 1 aliphatic heterocycles. The molecule has 0 bridgehead atoms. The van der Waals surface area contributed by atoms with Crippen molar-refractivity contribution in [1.82, 2.24) is 15.5 Å². The molecule has 146 valence electrons. The SMILES string of the molecule is CCNC(=NCc1cc(OC)ccc1OC(F)F)NCC1CCCN1C. The number of nitrogens with one attached hydrogen (secondary N) is 2. The molecule has 1 heterocycles. The highest BCUT2D eigenvalue weighted by atomic mass is 19.3. The number of guanidine groups is 1. The maximum absolute atomic E-state index is 12.6. The zero-order chi connectivity index (χ0) is 18.9. The zero-order valence-corrected chi connectivity index (χ0v) is 15.6. The van der Waals surface area contributed by atoms with E-state index in [-0.39, 0.29) is 12.3 Å². The van der Waals surface area contributed by atoms with Crippen LogP contribution in [0.4, 0.5) is 8.78 Å². The van der Waals surface area contributed by atoms with Crippen LogP contribution < -0.4 is 20.1 Å². The Morgan fingerprint density at radius 1 is 1.38 bits per heavy atom. The van der Waals surface area contributed by atoms with E-state index in [9.17, 15) is 8.78 Å². The van der Waals surface area contributed by atoms with Crippen molar-refractivity contribution in [2.24, 2.45) is 4.99 Å². The van der Waals surface area contributed by atoms with E-state index >= 15 is 0 Å². The molecule has 0 radical (unpaired) electrons. The molecule has 0 spiro atoms. The van der Waals surface area contributed by atoms with Gasteiger partial charge in [-0.25, -0.2) is 4.99 Å². The molecular formula is C18H28F2N4O2. The molecule has 0 aromatic heterocycles. The van der Waals surface area contributed by atoms with Crippen molar-refractivity contribution in [3.05, 3.63) is 23.8 Å². The van der Waals surface area contributed by atoms with Crippen molar-refractivity contribution in [3.8, 4) is 11.5 Å². The summed E-state index contributed by atoms with van der Waals surface area (Å²) in [6.07, 6.45) is 2.36. The van der Waals surface area contributed by atoms with Gasteiger partial charge in [-0.1, -0.05) is 0 Å². The molecule has 1 saturated heterocycles. The van der Waals surface area contributed by atoms with Crippen LogP contribution in [0.2, 0.25) is 0 Å². The van der Waals surface area contributed by atoms with Gasteiger partial charge in [-0.2, -0.15) is 8.78 Å². The number of benzene rings is 1. The van der Waals surface area contributed by atoms with Gasteiger partial charge in [0.1, 0.15) is 11.5 Å². The fourth-order valence-electron chi connectivity index (χ4n) is 2.97. The molecule has 1 aromatic rings. The highest BCUT2D eigenvalue weighted by molar-refractivity contribution is 5.79. The van der Waals surface area contributed by atoms with Crippen LogP contribution in [0.5, 0.6) is 11.5 Å². The first-order chi connectivity index (χ1) is 12.5. The molecule has 6 nitrogen and oxygen atoms in total. The first kappa shape index (κ1) is 20.2. The number of likely N-dealkylation sites (N-methyl/N-ethyl adjacent to an activating group) is 1. The Morgan fingerprint density at radius 3 is 2.81 bits per heavy atom. The van der Waals surface area contributed by atoms with Crippen molar-refractivity contribution in [1.29, 1.82) is 0 Å². The summed E-state index contributed by atoms with van der Waals surface area (Å²) in [5.74, 6) is 1.33. The van der Waals surface area contributed by atoms with E-state index in [1.807, 2.05) is 6.92 Å². The van der Waals surface area contributed by atoms with Gasteiger partial charge in [0.25, 0.3) is 0 Å². The molecule has 8 heteroatoms. The van der Waals surface area contributed by atoms with Crippen LogP contribution in [0.25, 0.3) is 0 Å². The zero-order valence-electron chi connectivity index (χ0n) is 15.6. The minimum Gasteiger partial charge on any atom is -0.497 e. The average molecular weight is 370 g/mol. The van der Waals surface area contributed by atoms with E-state index < -0.39 is 6.61 Å². The smallest absolute Gasteiger partial charge is 0.387 e. The molecule has 1 aliphatic rings. The number of rotatable bonds is 8. The Bertz CT molecular complexity index is 599. The van der Waals surface area contributed by atoms with Crippen molar-refractivity contribution >= 4 is 5.96 Å². The van der Waals surface area contributed by atoms with Crippen molar-refractivity contribution in [2.45, 2.75) is 39.0 Å². The lowest BCUT2D eigenvalue weighted by Crippen LogP contribution is -2.44. The van der Waals surface area contributed by atoms with Crippen molar-refractivity contribution in [2.75, 3.05) is 33.8 Å². The van der Waals surface area contributed by atoms with Crippen LogP contribution in [-0.4, -0.2) is 57.3 Å². The number of halogens is 2. The van der Waals surface area contributed by atoms with E-state index in [4.69, 9.17) is 4.74 Å². The lowest BCUT2D eigenvalue weighted by molar-refractivity contribution is -0.0504. The Balaban J connectivity index is 2.06. The Hall–Kier alpha value is -2.09. The third-order valence-electron chi connectivity index (χ3n) is 4.41. The quantitative estimate of drug-likeness (QED) is 0.544. The Kier molecular flexibility index (Phi) is 7.90.